The number of aryl methyl sites for hydroxylation is 2. The van der Waals surface area contributed by atoms with Crippen molar-refractivity contribution in [3.05, 3.63) is 40.2 Å². The molecule has 13 heavy (non-hydrogen) atoms. The van der Waals surface area contributed by atoms with Gasteiger partial charge in [-0.25, -0.2) is 4.98 Å². The largest absolute Gasteiger partial charge is 0.289 e. The van der Waals surface area contributed by atoms with Gasteiger partial charge in [0, 0.05) is 12.4 Å². The molecule has 2 rings (SSSR count). The van der Waals surface area contributed by atoms with Gasteiger partial charge in [-0.15, -0.1) is 0 Å². The fourth-order valence-electron chi connectivity index (χ4n) is 1.29. The highest BCUT2D eigenvalue weighted by Crippen LogP contribution is 2.02. The lowest BCUT2D eigenvalue weighted by atomic mass is 10.3. The van der Waals surface area contributed by atoms with Crippen LogP contribution in [0.5, 0.6) is 0 Å². The molecule has 0 aromatic carbocycles. The van der Waals surface area contributed by atoms with E-state index in [4.69, 9.17) is 0 Å². The third-order valence-corrected chi connectivity index (χ3v) is 2.01. The summed E-state index contributed by atoms with van der Waals surface area (Å²) >= 11 is 0. The average molecular weight is 175 g/mol. The first kappa shape index (κ1) is 7.91. The topological polar surface area (TPSA) is 47.3 Å². The van der Waals surface area contributed by atoms with E-state index in [1.807, 2.05) is 12.3 Å². The Morgan fingerprint density at radius 3 is 2.92 bits per heavy atom. The highest BCUT2D eigenvalue weighted by molar-refractivity contribution is 5.45. The molecular weight excluding hydrogens is 166 g/mol. The van der Waals surface area contributed by atoms with E-state index in [9.17, 15) is 4.79 Å². The van der Waals surface area contributed by atoms with Gasteiger partial charge in [-0.2, -0.15) is 4.98 Å². The highest BCUT2D eigenvalue weighted by atomic mass is 16.1. The monoisotopic (exact) mass is 175 g/mol. The molecule has 0 fully saturated rings. The first-order valence-corrected chi connectivity index (χ1v) is 4.01. The molecule has 0 saturated heterocycles. The van der Waals surface area contributed by atoms with Crippen LogP contribution in [-0.4, -0.2) is 14.4 Å². The third kappa shape index (κ3) is 1.11. The van der Waals surface area contributed by atoms with Crippen LogP contribution in [0.3, 0.4) is 0 Å². The maximum absolute atomic E-state index is 11.3. The third-order valence-electron chi connectivity index (χ3n) is 2.01. The molecular formula is C9H9N3O. The lowest BCUT2D eigenvalue weighted by Gasteiger charge is -2.04. The summed E-state index contributed by atoms with van der Waals surface area (Å²) in [4.78, 5) is 19.3. The van der Waals surface area contributed by atoms with Gasteiger partial charge >= 0.3 is 0 Å². The maximum Gasteiger partial charge on any atom is 0.278 e. The zero-order valence-corrected chi connectivity index (χ0v) is 7.48. The number of rotatable bonds is 0. The molecule has 0 atom stereocenters. The molecule has 0 aliphatic heterocycles. The molecule has 2 aromatic heterocycles. The Morgan fingerprint density at radius 1 is 1.38 bits per heavy atom. The number of aromatic nitrogens is 3. The molecule has 0 spiro atoms. The molecule has 4 nitrogen and oxygen atoms in total. The predicted molar refractivity (Wildman–Crippen MR) is 48.7 cm³/mol. The minimum Gasteiger partial charge on any atom is -0.289 e. The van der Waals surface area contributed by atoms with Crippen molar-refractivity contribution < 1.29 is 0 Å². The van der Waals surface area contributed by atoms with Crippen LogP contribution in [-0.2, 0) is 0 Å². The van der Waals surface area contributed by atoms with Crippen LogP contribution in [0.4, 0.5) is 0 Å². The molecule has 0 N–H and O–H groups in total. The summed E-state index contributed by atoms with van der Waals surface area (Å²) in [5.74, 6) is 0.665. The van der Waals surface area contributed by atoms with Gasteiger partial charge in [0.2, 0.25) is 0 Å². The molecule has 66 valence electrons. The summed E-state index contributed by atoms with van der Waals surface area (Å²) in [7, 11) is 0. The Labute approximate surface area is 74.9 Å². The molecule has 0 amide bonds. The van der Waals surface area contributed by atoms with Gasteiger partial charge in [0.15, 0.2) is 0 Å². The van der Waals surface area contributed by atoms with Crippen molar-refractivity contribution in [2.24, 2.45) is 0 Å². The van der Waals surface area contributed by atoms with Gasteiger partial charge in [-0.1, -0.05) is 0 Å². The van der Waals surface area contributed by atoms with Crippen molar-refractivity contribution in [3.63, 3.8) is 0 Å². The first-order chi connectivity index (χ1) is 6.20. The van der Waals surface area contributed by atoms with Crippen LogP contribution in [0, 0.1) is 13.8 Å². The van der Waals surface area contributed by atoms with Crippen molar-refractivity contribution in [1.82, 2.24) is 14.4 Å². The van der Waals surface area contributed by atoms with Gasteiger partial charge in [0.1, 0.15) is 11.5 Å². The van der Waals surface area contributed by atoms with E-state index in [0.717, 1.165) is 0 Å². The lowest BCUT2D eigenvalue weighted by Crippen LogP contribution is -2.16. The van der Waals surface area contributed by atoms with E-state index < -0.39 is 0 Å². The van der Waals surface area contributed by atoms with E-state index in [1.54, 1.807) is 24.4 Å². The van der Waals surface area contributed by atoms with E-state index in [0.29, 0.717) is 17.0 Å². The maximum atomic E-state index is 11.3. The highest BCUT2D eigenvalue weighted by Gasteiger charge is 2.04. The fraction of sp³-hybridized carbons (Fsp3) is 0.222. The molecule has 4 heteroatoms. The second kappa shape index (κ2) is 2.65. The van der Waals surface area contributed by atoms with Crippen LogP contribution in [0.2, 0.25) is 0 Å². The van der Waals surface area contributed by atoms with Gasteiger partial charge in [0.05, 0.1) is 5.56 Å². The summed E-state index contributed by atoms with van der Waals surface area (Å²) < 4.78 is 1.80. The van der Waals surface area contributed by atoms with Gasteiger partial charge in [0.25, 0.3) is 5.56 Å². The van der Waals surface area contributed by atoms with Gasteiger partial charge in [-0.3, -0.25) is 9.20 Å². The fourth-order valence-corrected chi connectivity index (χ4v) is 1.29. The quantitative estimate of drug-likeness (QED) is 0.592. The lowest BCUT2D eigenvalue weighted by molar-refractivity contribution is 0.920. The molecule has 0 unspecified atom stereocenters. The Bertz CT molecular complexity index is 516. The van der Waals surface area contributed by atoms with Crippen molar-refractivity contribution in [2.75, 3.05) is 0 Å². The molecule has 2 aromatic rings. The van der Waals surface area contributed by atoms with E-state index >= 15 is 0 Å². The van der Waals surface area contributed by atoms with Gasteiger partial charge in [-0.05, 0) is 19.9 Å². The van der Waals surface area contributed by atoms with Crippen LogP contribution >= 0.6 is 0 Å². The van der Waals surface area contributed by atoms with Gasteiger partial charge < -0.3 is 0 Å². The number of hydrogen-bond donors (Lipinski definition) is 0. The SMILES string of the molecule is Cc1c(=O)nc(C)n2cccnc12. The zero-order chi connectivity index (χ0) is 9.42. The summed E-state index contributed by atoms with van der Waals surface area (Å²) in [6, 6.07) is 1.81. The number of nitrogens with zero attached hydrogens (tertiary/aromatic N) is 3. The van der Waals surface area contributed by atoms with Crippen molar-refractivity contribution in [3.8, 4) is 0 Å². The molecule has 0 bridgehead atoms. The summed E-state index contributed by atoms with van der Waals surface area (Å²) in [6.07, 6.45) is 3.51. The van der Waals surface area contributed by atoms with Crippen molar-refractivity contribution in [2.45, 2.75) is 13.8 Å². The van der Waals surface area contributed by atoms with Crippen molar-refractivity contribution in [1.29, 1.82) is 0 Å². The van der Waals surface area contributed by atoms with E-state index in [2.05, 4.69) is 9.97 Å². The normalized spacial score (nSPS) is 10.6. The molecule has 0 saturated carbocycles. The van der Waals surface area contributed by atoms with Crippen LogP contribution in [0.25, 0.3) is 5.65 Å². The van der Waals surface area contributed by atoms with E-state index in [-0.39, 0.29) is 5.56 Å². The second-order valence-electron chi connectivity index (χ2n) is 2.90. The van der Waals surface area contributed by atoms with E-state index in [1.165, 1.54) is 0 Å². The molecule has 0 aliphatic carbocycles. The summed E-state index contributed by atoms with van der Waals surface area (Å²) in [5, 5.41) is 0. The number of hydrogen-bond acceptors (Lipinski definition) is 3. The minimum atomic E-state index is -0.198. The van der Waals surface area contributed by atoms with Crippen LogP contribution < -0.4 is 5.56 Å². The Morgan fingerprint density at radius 2 is 2.15 bits per heavy atom. The zero-order valence-electron chi connectivity index (χ0n) is 7.48. The molecule has 2 heterocycles. The molecule has 0 aliphatic rings. The van der Waals surface area contributed by atoms with Crippen LogP contribution in [0.15, 0.2) is 23.3 Å². The minimum absolute atomic E-state index is 0.198. The smallest absolute Gasteiger partial charge is 0.278 e. The Kier molecular flexibility index (Phi) is 1.62. The average Bonchev–Trinajstić information content (AvgIpc) is 2.15. The Balaban J connectivity index is 3.06. The Hall–Kier alpha value is -1.71. The second-order valence-corrected chi connectivity index (χ2v) is 2.90. The molecule has 0 radical (unpaired) electrons. The first-order valence-electron chi connectivity index (χ1n) is 4.01. The predicted octanol–water partition coefficient (Wildman–Crippen LogP) is 0.706. The summed E-state index contributed by atoms with van der Waals surface area (Å²) in [5.41, 5.74) is 1.07. The summed E-state index contributed by atoms with van der Waals surface area (Å²) in [6.45, 7) is 3.52. The number of fused-ring (bicyclic) bond motifs is 1. The standard InChI is InChI=1S/C9H9N3O/c1-6-8-10-4-3-5-12(8)7(2)11-9(6)13/h3-5H,1-2H3. The van der Waals surface area contributed by atoms with Crippen LogP contribution in [0.1, 0.15) is 11.4 Å². The van der Waals surface area contributed by atoms with Crippen molar-refractivity contribution >= 4 is 5.65 Å².